The van der Waals surface area contributed by atoms with Gasteiger partial charge < -0.3 is 15.2 Å². The van der Waals surface area contributed by atoms with Gasteiger partial charge in [0.05, 0.1) is 18.8 Å². The van der Waals surface area contributed by atoms with E-state index in [1.165, 1.54) is 0 Å². The predicted octanol–water partition coefficient (Wildman–Crippen LogP) is 2.83. The van der Waals surface area contributed by atoms with Crippen molar-refractivity contribution in [3.8, 4) is 0 Å². The van der Waals surface area contributed by atoms with Crippen LogP contribution in [0.25, 0.3) is 0 Å². The van der Waals surface area contributed by atoms with E-state index in [2.05, 4.69) is 27.8 Å². The van der Waals surface area contributed by atoms with Gasteiger partial charge in [0.2, 0.25) is 0 Å². The van der Waals surface area contributed by atoms with E-state index in [9.17, 15) is 4.79 Å². The number of rotatable bonds is 9. The SMILES string of the molecule is C=CCCOCCNCc1ccc(C(=O)O)cc1Br. The lowest BCUT2D eigenvalue weighted by molar-refractivity contribution is 0.0697. The Bertz CT molecular complexity index is 435. The van der Waals surface area contributed by atoms with Gasteiger partial charge >= 0.3 is 5.97 Å². The van der Waals surface area contributed by atoms with Gasteiger partial charge in [-0.25, -0.2) is 4.79 Å². The van der Waals surface area contributed by atoms with Gasteiger partial charge in [-0.1, -0.05) is 28.1 Å². The highest BCUT2D eigenvalue weighted by Gasteiger charge is 2.06. The van der Waals surface area contributed by atoms with Crippen molar-refractivity contribution in [2.24, 2.45) is 0 Å². The largest absolute Gasteiger partial charge is 0.478 e. The van der Waals surface area contributed by atoms with Crippen LogP contribution in [0.15, 0.2) is 35.3 Å². The van der Waals surface area contributed by atoms with Crippen LogP contribution < -0.4 is 5.32 Å². The summed E-state index contributed by atoms with van der Waals surface area (Å²) < 4.78 is 6.17. The van der Waals surface area contributed by atoms with E-state index >= 15 is 0 Å². The molecule has 0 spiro atoms. The highest BCUT2D eigenvalue weighted by molar-refractivity contribution is 9.10. The highest BCUT2D eigenvalue weighted by atomic mass is 79.9. The second kappa shape index (κ2) is 8.85. The Kier molecular flexibility index (Phi) is 7.40. The zero-order valence-corrected chi connectivity index (χ0v) is 12.3. The van der Waals surface area contributed by atoms with E-state index < -0.39 is 5.97 Å². The minimum absolute atomic E-state index is 0.281. The number of carbonyl (C=O) groups is 1. The van der Waals surface area contributed by atoms with Crippen LogP contribution in [0, 0.1) is 0 Å². The van der Waals surface area contributed by atoms with Gasteiger partial charge in [0.15, 0.2) is 0 Å². The molecule has 0 saturated carbocycles. The molecule has 19 heavy (non-hydrogen) atoms. The molecule has 0 bridgehead atoms. The fourth-order valence-electron chi connectivity index (χ4n) is 1.46. The topological polar surface area (TPSA) is 58.6 Å². The summed E-state index contributed by atoms with van der Waals surface area (Å²) in [7, 11) is 0. The number of carboxylic acid groups (broad SMARTS) is 1. The molecular formula is C14H18BrNO3. The number of ether oxygens (including phenoxy) is 1. The molecule has 0 fully saturated rings. The number of benzene rings is 1. The summed E-state index contributed by atoms with van der Waals surface area (Å²) in [5.74, 6) is -0.921. The van der Waals surface area contributed by atoms with Crippen LogP contribution in [-0.4, -0.2) is 30.8 Å². The average molecular weight is 328 g/mol. The van der Waals surface area contributed by atoms with E-state index in [1.54, 1.807) is 18.2 Å². The molecule has 0 saturated heterocycles. The first kappa shape index (κ1) is 15.9. The Morgan fingerprint density at radius 1 is 1.47 bits per heavy atom. The number of halogens is 1. The predicted molar refractivity (Wildman–Crippen MR) is 78.4 cm³/mol. The number of hydrogen-bond donors (Lipinski definition) is 2. The standard InChI is InChI=1S/C14H18BrNO3/c1-2-3-7-19-8-6-16-10-12-5-4-11(14(17)18)9-13(12)15/h2,4-5,9,16H,1,3,6-8,10H2,(H,17,18). The summed E-state index contributed by atoms with van der Waals surface area (Å²) in [6.07, 6.45) is 2.69. The molecule has 0 heterocycles. The summed E-state index contributed by atoms with van der Waals surface area (Å²) >= 11 is 3.37. The summed E-state index contributed by atoms with van der Waals surface area (Å²) in [6, 6.07) is 5.02. The van der Waals surface area contributed by atoms with E-state index in [0.29, 0.717) is 19.8 Å². The Morgan fingerprint density at radius 3 is 2.89 bits per heavy atom. The molecule has 1 aromatic carbocycles. The Labute approximate surface area is 121 Å². The third-order valence-corrected chi connectivity index (χ3v) is 3.24. The van der Waals surface area contributed by atoms with Crippen molar-refractivity contribution in [3.05, 3.63) is 46.5 Å². The quantitative estimate of drug-likeness (QED) is 0.541. The molecule has 0 atom stereocenters. The van der Waals surface area contributed by atoms with Gasteiger partial charge in [0.25, 0.3) is 0 Å². The molecule has 0 aromatic heterocycles. The smallest absolute Gasteiger partial charge is 0.335 e. The van der Waals surface area contributed by atoms with Gasteiger partial charge in [-0.05, 0) is 24.1 Å². The summed E-state index contributed by atoms with van der Waals surface area (Å²) in [5, 5.41) is 12.1. The molecule has 0 aliphatic carbocycles. The molecular weight excluding hydrogens is 310 g/mol. The van der Waals surface area contributed by atoms with Crippen molar-refractivity contribution in [3.63, 3.8) is 0 Å². The van der Waals surface area contributed by atoms with Crippen LogP contribution in [0.1, 0.15) is 22.3 Å². The van der Waals surface area contributed by atoms with Crippen molar-refractivity contribution < 1.29 is 14.6 Å². The molecule has 104 valence electrons. The van der Waals surface area contributed by atoms with Gasteiger partial charge in [-0.3, -0.25) is 0 Å². The van der Waals surface area contributed by atoms with Gasteiger partial charge in [0, 0.05) is 17.6 Å². The maximum absolute atomic E-state index is 10.8. The summed E-state index contributed by atoms with van der Waals surface area (Å²) in [4.78, 5) is 10.8. The first-order valence-electron chi connectivity index (χ1n) is 6.06. The lowest BCUT2D eigenvalue weighted by Crippen LogP contribution is -2.19. The molecule has 0 aliphatic heterocycles. The third-order valence-electron chi connectivity index (χ3n) is 2.50. The van der Waals surface area contributed by atoms with Crippen LogP contribution in [0.2, 0.25) is 0 Å². The van der Waals surface area contributed by atoms with Crippen LogP contribution in [0.5, 0.6) is 0 Å². The first-order chi connectivity index (χ1) is 9.15. The molecule has 1 rings (SSSR count). The van der Waals surface area contributed by atoms with Gasteiger partial charge in [0.1, 0.15) is 0 Å². The maximum atomic E-state index is 10.8. The lowest BCUT2D eigenvalue weighted by atomic mass is 10.1. The second-order valence-electron chi connectivity index (χ2n) is 3.98. The fraction of sp³-hybridized carbons (Fsp3) is 0.357. The molecule has 0 radical (unpaired) electrons. The molecule has 5 heteroatoms. The Balaban J connectivity index is 2.29. The highest BCUT2D eigenvalue weighted by Crippen LogP contribution is 2.18. The van der Waals surface area contributed by atoms with Crippen LogP contribution in [0.4, 0.5) is 0 Å². The molecule has 0 unspecified atom stereocenters. The Morgan fingerprint density at radius 2 is 2.26 bits per heavy atom. The van der Waals surface area contributed by atoms with Crippen LogP contribution in [0.3, 0.4) is 0 Å². The van der Waals surface area contributed by atoms with Crippen molar-refractivity contribution in [1.82, 2.24) is 5.32 Å². The van der Waals surface area contributed by atoms with Gasteiger partial charge in [-0.2, -0.15) is 0 Å². The van der Waals surface area contributed by atoms with E-state index in [-0.39, 0.29) is 5.56 Å². The summed E-state index contributed by atoms with van der Waals surface area (Å²) in [5.41, 5.74) is 1.31. The second-order valence-corrected chi connectivity index (χ2v) is 4.83. The molecule has 0 aliphatic rings. The lowest BCUT2D eigenvalue weighted by Gasteiger charge is -2.08. The van der Waals surface area contributed by atoms with E-state index in [1.807, 2.05) is 6.08 Å². The number of aromatic carboxylic acids is 1. The molecule has 0 amide bonds. The van der Waals surface area contributed by atoms with Crippen molar-refractivity contribution in [1.29, 1.82) is 0 Å². The maximum Gasteiger partial charge on any atom is 0.335 e. The third kappa shape index (κ3) is 6.00. The summed E-state index contributed by atoms with van der Waals surface area (Å²) in [6.45, 7) is 6.40. The molecule has 1 aromatic rings. The normalized spacial score (nSPS) is 10.4. The zero-order valence-electron chi connectivity index (χ0n) is 10.7. The monoisotopic (exact) mass is 327 g/mol. The minimum atomic E-state index is -0.921. The van der Waals surface area contributed by atoms with Gasteiger partial charge in [-0.15, -0.1) is 6.58 Å². The molecule has 2 N–H and O–H groups in total. The Hall–Kier alpha value is -1.17. The van der Waals surface area contributed by atoms with Crippen LogP contribution in [-0.2, 0) is 11.3 Å². The fourth-order valence-corrected chi connectivity index (χ4v) is 1.98. The first-order valence-corrected chi connectivity index (χ1v) is 6.85. The van der Waals surface area contributed by atoms with Crippen molar-refractivity contribution in [2.75, 3.05) is 19.8 Å². The van der Waals surface area contributed by atoms with Crippen molar-refractivity contribution in [2.45, 2.75) is 13.0 Å². The number of carboxylic acids is 1. The molecule has 4 nitrogen and oxygen atoms in total. The number of hydrogen-bond acceptors (Lipinski definition) is 3. The zero-order chi connectivity index (χ0) is 14.1. The van der Waals surface area contributed by atoms with Crippen LogP contribution >= 0.6 is 15.9 Å². The number of nitrogens with one attached hydrogen (secondary N) is 1. The van der Waals surface area contributed by atoms with E-state index in [4.69, 9.17) is 9.84 Å². The average Bonchev–Trinajstić information content (AvgIpc) is 2.39. The van der Waals surface area contributed by atoms with Crippen molar-refractivity contribution >= 4 is 21.9 Å². The minimum Gasteiger partial charge on any atom is -0.478 e. The van der Waals surface area contributed by atoms with E-state index in [0.717, 1.165) is 23.0 Å².